The molecule has 0 saturated carbocycles. The minimum absolute atomic E-state index is 0.0186. The molecular weight excluding hydrogens is 851 g/mol. The number of carbonyl (C=O) groups is 2. The van der Waals surface area contributed by atoms with Crippen LogP contribution < -0.4 is 5.32 Å². The van der Waals surface area contributed by atoms with Crippen molar-refractivity contribution in [3.63, 3.8) is 0 Å². The summed E-state index contributed by atoms with van der Waals surface area (Å²) < 4.78 is 5.45. The molecule has 0 heterocycles. The van der Waals surface area contributed by atoms with Crippen LogP contribution in [0.15, 0.2) is 24.3 Å². The summed E-state index contributed by atoms with van der Waals surface area (Å²) in [5, 5.41) is 23.4. The van der Waals surface area contributed by atoms with Gasteiger partial charge in [0, 0.05) is 12.8 Å². The molecule has 3 N–H and O–H groups in total. The van der Waals surface area contributed by atoms with E-state index in [1.165, 1.54) is 231 Å². The predicted molar refractivity (Wildman–Crippen MR) is 301 cm³/mol. The highest BCUT2D eigenvalue weighted by molar-refractivity contribution is 5.76. The van der Waals surface area contributed by atoms with Gasteiger partial charge in [-0.1, -0.05) is 295 Å². The summed E-state index contributed by atoms with van der Waals surface area (Å²) in [6.45, 7) is 4.92. The number of nitrogens with one attached hydrogen (secondary N) is 1. The van der Waals surface area contributed by atoms with Gasteiger partial charge in [-0.3, -0.25) is 9.59 Å². The number of rotatable bonds is 58. The Labute approximate surface area is 431 Å². The Bertz CT molecular complexity index is 1080. The maximum Gasteiger partial charge on any atom is 0.305 e. The average Bonchev–Trinajstić information content (AvgIpc) is 3.35. The lowest BCUT2D eigenvalue weighted by Gasteiger charge is -2.22. The molecule has 2 unspecified atom stereocenters. The van der Waals surface area contributed by atoms with E-state index in [4.69, 9.17) is 4.74 Å². The van der Waals surface area contributed by atoms with Crippen molar-refractivity contribution in [2.75, 3.05) is 13.2 Å². The van der Waals surface area contributed by atoms with Crippen LogP contribution in [0, 0.1) is 0 Å². The van der Waals surface area contributed by atoms with Gasteiger partial charge in [-0.05, 0) is 57.8 Å². The topological polar surface area (TPSA) is 95.9 Å². The molecule has 0 rings (SSSR count). The number of esters is 1. The van der Waals surface area contributed by atoms with E-state index in [9.17, 15) is 19.8 Å². The Morgan fingerprint density at radius 1 is 0.406 bits per heavy atom. The Balaban J connectivity index is 3.49. The molecule has 0 aliphatic heterocycles. The van der Waals surface area contributed by atoms with Crippen LogP contribution in [-0.4, -0.2) is 47.4 Å². The number of hydrogen-bond donors (Lipinski definition) is 3. The number of ether oxygens (including phenoxy) is 1. The summed E-state index contributed by atoms with van der Waals surface area (Å²) in [4.78, 5) is 24.6. The molecule has 0 bridgehead atoms. The van der Waals surface area contributed by atoms with Crippen molar-refractivity contribution in [2.24, 2.45) is 0 Å². The van der Waals surface area contributed by atoms with Crippen LogP contribution in [0.4, 0.5) is 0 Å². The molecule has 0 aromatic heterocycles. The van der Waals surface area contributed by atoms with Gasteiger partial charge in [-0.15, -0.1) is 0 Å². The number of hydrogen-bond acceptors (Lipinski definition) is 5. The van der Waals surface area contributed by atoms with Gasteiger partial charge in [0.2, 0.25) is 5.91 Å². The van der Waals surface area contributed by atoms with Crippen molar-refractivity contribution in [2.45, 2.75) is 353 Å². The van der Waals surface area contributed by atoms with Gasteiger partial charge in [-0.2, -0.15) is 0 Å². The maximum absolute atomic E-state index is 12.5. The molecular formula is C63H121NO5. The van der Waals surface area contributed by atoms with Gasteiger partial charge in [0.05, 0.1) is 25.4 Å². The number of unbranched alkanes of at least 4 members (excludes halogenated alkanes) is 44. The number of carbonyl (C=O) groups excluding carboxylic acids is 2. The third kappa shape index (κ3) is 55.5. The first-order valence-corrected chi connectivity index (χ1v) is 31.1. The SMILES string of the molecule is CCCCCCCCCCCCCCCCCCCCCCCCCC(O)C(CO)NC(=O)CCCCCCCC/C=C\C=C/CCCCCOC(=O)CCCCCCCCCCCCCCCC. The first kappa shape index (κ1) is 67.3. The van der Waals surface area contributed by atoms with Crippen LogP contribution in [-0.2, 0) is 14.3 Å². The fraction of sp³-hybridized carbons (Fsp3) is 0.905. The molecule has 0 aliphatic carbocycles. The molecule has 2 atom stereocenters. The smallest absolute Gasteiger partial charge is 0.305 e. The van der Waals surface area contributed by atoms with E-state index in [0.717, 1.165) is 77.0 Å². The van der Waals surface area contributed by atoms with Gasteiger partial charge >= 0.3 is 5.97 Å². The van der Waals surface area contributed by atoms with Crippen molar-refractivity contribution in [1.82, 2.24) is 5.32 Å². The maximum atomic E-state index is 12.5. The van der Waals surface area contributed by atoms with Gasteiger partial charge in [0.15, 0.2) is 0 Å². The lowest BCUT2D eigenvalue weighted by molar-refractivity contribution is -0.143. The Morgan fingerprint density at radius 3 is 1.07 bits per heavy atom. The lowest BCUT2D eigenvalue weighted by atomic mass is 10.0. The van der Waals surface area contributed by atoms with Crippen molar-refractivity contribution in [1.29, 1.82) is 0 Å². The van der Waals surface area contributed by atoms with Crippen LogP contribution in [0.2, 0.25) is 0 Å². The fourth-order valence-electron chi connectivity index (χ4n) is 9.75. The monoisotopic (exact) mass is 972 g/mol. The van der Waals surface area contributed by atoms with Crippen LogP contribution in [0.25, 0.3) is 0 Å². The number of allylic oxidation sites excluding steroid dienone is 4. The van der Waals surface area contributed by atoms with Gasteiger partial charge in [0.25, 0.3) is 0 Å². The second-order valence-corrected chi connectivity index (χ2v) is 21.4. The van der Waals surface area contributed by atoms with Crippen molar-refractivity contribution < 1.29 is 24.5 Å². The summed E-state index contributed by atoms with van der Waals surface area (Å²) in [5.41, 5.74) is 0. The number of aliphatic hydroxyl groups excluding tert-OH is 2. The van der Waals surface area contributed by atoms with E-state index in [0.29, 0.717) is 25.9 Å². The van der Waals surface area contributed by atoms with Crippen LogP contribution in [0.3, 0.4) is 0 Å². The van der Waals surface area contributed by atoms with Gasteiger partial charge in [-0.25, -0.2) is 0 Å². The highest BCUT2D eigenvalue weighted by Crippen LogP contribution is 2.18. The van der Waals surface area contributed by atoms with E-state index in [2.05, 4.69) is 43.5 Å². The molecule has 0 aliphatic rings. The van der Waals surface area contributed by atoms with Crippen LogP contribution in [0.1, 0.15) is 341 Å². The zero-order valence-corrected chi connectivity index (χ0v) is 46.6. The van der Waals surface area contributed by atoms with E-state index in [1.807, 2.05) is 0 Å². The predicted octanol–water partition coefficient (Wildman–Crippen LogP) is 19.4. The van der Waals surface area contributed by atoms with E-state index in [-0.39, 0.29) is 18.5 Å². The molecule has 0 fully saturated rings. The van der Waals surface area contributed by atoms with Gasteiger partial charge < -0.3 is 20.3 Å². The summed E-state index contributed by atoms with van der Waals surface area (Å²) in [5.74, 6) is -0.0724. The number of aliphatic hydroxyl groups is 2. The van der Waals surface area contributed by atoms with E-state index in [1.54, 1.807) is 0 Å². The minimum Gasteiger partial charge on any atom is -0.466 e. The van der Waals surface area contributed by atoms with Crippen LogP contribution in [0.5, 0.6) is 0 Å². The first-order chi connectivity index (χ1) is 34.0. The Hall–Kier alpha value is -1.66. The Kier molecular flexibility index (Phi) is 57.5. The molecule has 6 nitrogen and oxygen atoms in total. The fourth-order valence-corrected chi connectivity index (χ4v) is 9.75. The zero-order chi connectivity index (χ0) is 50.0. The summed E-state index contributed by atoms with van der Waals surface area (Å²) >= 11 is 0. The first-order valence-electron chi connectivity index (χ1n) is 31.1. The van der Waals surface area contributed by atoms with Gasteiger partial charge in [0.1, 0.15) is 0 Å². The zero-order valence-electron chi connectivity index (χ0n) is 46.6. The lowest BCUT2D eigenvalue weighted by Crippen LogP contribution is -2.45. The third-order valence-corrected chi connectivity index (χ3v) is 14.5. The highest BCUT2D eigenvalue weighted by Gasteiger charge is 2.20. The van der Waals surface area contributed by atoms with E-state index < -0.39 is 12.1 Å². The Morgan fingerprint density at radius 2 is 0.710 bits per heavy atom. The summed E-state index contributed by atoms with van der Waals surface area (Å²) in [7, 11) is 0. The van der Waals surface area contributed by atoms with Crippen LogP contribution >= 0.6 is 0 Å². The highest BCUT2D eigenvalue weighted by atomic mass is 16.5. The average molecular weight is 973 g/mol. The molecule has 408 valence electrons. The van der Waals surface area contributed by atoms with Crippen molar-refractivity contribution in [3.8, 4) is 0 Å². The second kappa shape index (κ2) is 58.9. The molecule has 69 heavy (non-hydrogen) atoms. The minimum atomic E-state index is -0.680. The molecule has 0 radical (unpaired) electrons. The molecule has 0 aromatic carbocycles. The number of amides is 1. The largest absolute Gasteiger partial charge is 0.466 e. The van der Waals surface area contributed by atoms with Crippen molar-refractivity contribution in [3.05, 3.63) is 24.3 Å². The second-order valence-electron chi connectivity index (χ2n) is 21.4. The third-order valence-electron chi connectivity index (χ3n) is 14.5. The standard InChI is InChI=1S/C63H121NO5/c1-3-5-7-9-11-13-15-17-19-20-21-22-23-24-25-26-28-31-35-39-43-47-51-55-61(66)60(59-65)64-62(67)56-52-48-44-40-36-32-29-27-30-34-38-42-46-50-54-58-69-63(68)57-53-49-45-41-37-33-18-16-14-12-10-8-6-4-2/h27,30,34,38,60-61,65-66H,3-26,28-29,31-33,35-37,39-59H2,1-2H3,(H,64,67)/b30-27-,38-34-. The summed E-state index contributed by atoms with van der Waals surface area (Å²) in [6.07, 6.45) is 71.8. The normalized spacial score (nSPS) is 12.7. The van der Waals surface area contributed by atoms with E-state index >= 15 is 0 Å². The molecule has 0 saturated heterocycles. The molecule has 0 spiro atoms. The molecule has 0 aromatic rings. The summed E-state index contributed by atoms with van der Waals surface area (Å²) in [6, 6.07) is -0.559. The quantitative estimate of drug-likeness (QED) is 0.0321. The van der Waals surface area contributed by atoms with Crippen molar-refractivity contribution >= 4 is 11.9 Å². The molecule has 6 heteroatoms. The molecule has 1 amide bonds.